The normalized spacial score (nSPS) is 45.8. The monoisotopic (exact) mass is 426 g/mol. The molecule has 166 valence electrons. The van der Waals surface area contributed by atoms with E-state index in [1.165, 1.54) is 41.9 Å². The van der Waals surface area contributed by atoms with Crippen molar-refractivity contribution in [3.63, 3.8) is 0 Å². The molecule has 3 aliphatic heterocycles. The Balaban J connectivity index is 1.17. The highest BCUT2D eigenvalue weighted by Crippen LogP contribution is 2.70. The molecule has 5 heteroatoms. The number of benzene rings is 1. The van der Waals surface area contributed by atoms with E-state index in [1.54, 1.807) is 0 Å². The predicted molar refractivity (Wildman–Crippen MR) is 115 cm³/mol. The zero-order chi connectivity index (χ0) is 21.4. The van der Waals surface area contributed by atoms with Gasteiger partial charge in [0.25, 0.3) is 0 Å². The summed E-state index contributed by atoms with van der Waals surface area (Å²) in [5, 5.41) is 0. The molecule has 2 saturated heterocycles. The number of esters is 1. The minimum Gasteiger partial charge on any atom is -0.462 e. The highest BCUT2D eigenvalue weighted by molar-refractivity contribution is 5.76. The molecule has 1 spiro atoms. The van der Waals surface area contributed by atoms with E-state index in [0.717, 1.165) is 38.0 Å². The Kier molecular flexibility index (Phi) is 4.43. The second-order valence-electron chi connectivity index (χ2n) is 10.9. The average molecular weight is 427 g/mol. The van der Waals surface area contributed by atoms with Gasteiger partial charge in [-0.2, -0.15) is 0 Å². The fourth-order valence-electron chi connectivity index (χ4n) is 7.67. The zero-order valence-electron chi connectivity index (χ0n) is 18.5. The Labute approximate surface area is 183 Å². The second-order valence-corrected chi connectivity index (χ2v) is 10.9. The lowest BCUT2D eigenvalue weighted by Gasteiger charge is -2.48. The molecule has 0 bridgehead atoms. The molecule has 2 saturated carbocycles. The minimum atomic E-state index is -0.197. The Bertz CT molecular complexity index is 929. The number of quaternary nitrogens is 1. The number of carbonyl (C=O) groups excluding carboxylic acids is 1. The van der Waals surface area contributed by atoms with Crippen LogP contribution in [0.1, 0.15) is 51.5 Å². The van der Waals surface area contributed by atoms with Gasteiger partial charge in [-0.15, -0.1) is 0 Å². The number of halogens is 1. The highest BCUT2D eigenvalue weighted by Gasteiger charge is 2.78. The summed E-state index contributed by atoms with van der Waals surface area (Å²) < 4.78 is 25.8. The Morgan fingerprint density at radius 3 is 2.81 bits per heavy atom. The molecule has 3 heterocycles. The third-order valence-corrected chi connectivity index (χ3v) is 9.30. The van der Waals surface area contributed by atoms with E-state index in [0.29, 0.717) is 5.92 Å². The van der Waals surface area contributed by atoms with Gasteiger partial charge in [-0.1, -0.05) is 32.4 Å². The number of ether oxygens (including phenoxy) is 2. The lowest BCUT2D eigenvalue weighted by Crippen LogP contribution is -3.13. The van der Waals surface area contributed by atoms with E-state index in [2.05, 4.69) is 19.9 Å². The van der Waals surface area contributed by atoms with Crippen molar-refractivity contribution in [2.45, 2.75) is 63.8 Å². The number of carbonyl (C=O) groups is 1. The lowest BCUT2D eigenvalue weighted by atomic mass is 9.53. The number of hydrogen-bond acceptors (Lipinski definition) is 3. The van der Waals surface area contributed by atoms with E-state index >= 15 is 0 Å². The molecule has 2 aliphatic carbocycles. The molecule has 31 heavy (non-hydrogen) atoms. The maximum Gasteiger partial charge on any atom is 0.315 e. The first kappa shape index (κ1) is 19.9. The van der Waals surface area contributed by atoms with Crippen LogP contribution in [0, 0.1) is 29.0 Å². The van der Waals surface area contributed by atoms with Crippen molar-refractivity contribution < 1.29 is 23.6 Å². The van der Waals surface area contributed by atoms with Crippen molar-refractivity contribution in [2.24, 2.45) is 23.2 Å². The van der Waals surface area contributed by atoms with Crippen LogP contribution in [-0.2, 0) is 14.3 Å². The molecule has 8 atom stereocenters. The van der Waals surface area contributed by atoms with Crippen LogP contribution in [0.4, 0.5) is 4.39 Å². The van der Waals surface area contributed by atoms with Gasteiger partial charge >= 0.3 is 5.97 Å². The van der Waals surface area contributed by atoms with Crippen molar-refractivity contribution in [2.75, 3.05) is 19.6 Å². The van der Waals surface area contributed by atoms with E-state index in [4.69, 9.17) is 9.47 Å². The fourth-order valence-corrected chi connectivity index (χ4v) is 7.67. The fraction of sp³-hybridized carbons (Fsp3) is 0.654. The molecule has 4 fully saturated rings. The van der Waals surface area contributed by atoms with Crippen molar-refractivity contribution in [3.05, 3.63) is 41.7 Å². The number of rotatable bonds is 3. The van der Waals surface area contributed by atoms with E-state index in [-0.39, 0.29) is 46.8 Å². The van der Waals surface area contributed by atoms with Crippen LogP contribution < -0.4 is 4.90 Å². The Morgan fingerprint density at radius 2 is 2.06 bits per heavy atom. The molecule has 0 aromatic heterocycles. The topological polar surface area (TPSA) is 43.3 Å². The Hall–Kier alpha value is -1.72. The van der Waals surface area contributed by atoms with Crippen molar-refractivity contribution in [3.8, 4) is 0 Å². The van der Waals surface area contributed by atoms with E-state index in [9.17, 15) is 9.18 Å². The van der Waals surface area contributed by atoms with Gasteiger partial charge in [-0.25, -0.2) is 4.39 Å². The molecule has 0 radical (unpaired) electrons. The van der Waals surface area contributed by atoms with Gasteiger partial charge in [0.1, 0.15) is 23.4 Å². The van der Waals surface area contributed by atoms with Gasteiger partial charge in [0.15, 0.2) is 0 Å². The van der Waals surface area contributed by atoms with Crippen LogP contribution in [0.15, 0.2) is 30.3 Å². The van der Waals surface area contributed by atoms with Gasteiger partial charge in [-0.3, -0.25) is 4.79 Å². The SMILES string of the molecule is C[C@@H]1CCC[C@]2(C)C[C@H]3OC(=O)[C@@H](C[NH+]4CC=C(c5ccc(F)cc5)CC4)[C@H]3[C@@H]3O[C@@]132. The number of hydrogen-bond donors (Lipinski definition) is 1. The molecule has 0 amide bonds. The predicted octanol–water partition coefficient (Wildman–Crippen LogP) is 3.02. The van der Waals surface area contributed by atoms with Crippen LogP contribution in [0.2, 0.25) is 0 Å². The maximum atomic E-state index is 13.2. The summed E-state index contributed by atoms with van der Waals surface area (Å²) in [5.41, 5.74) is 2.51. The highest BCUT2D eigenvalue weighted by atomic mass is 19.1. The molecule has 1 aromatic carbocycles. The summed E-state index contributed by atoms with van der Waals surface area (Å²) in [6, 6.07) is 6.77. The standard InChI is InChI=1S/C26H32FNO3/c1-16-4-3-11-25(2)14-21-22(23-26(16,25)31-23)20(24(29)30-21)15-28-12-9-18(10-13-28)17-5-7-19(27)8-6-17/h5-9,16,20-23H,3-4,10-15H2,1-2H3/p+1/t16-,20+,21-,22-,23+,25-,26+/m1/s1. The van der Waals surface area contributed by atoms with E-state index < -0.39 is 0 Å². The molecule has 5 aliphatic rings. The summed E-state index contributed by atoms with van der Waals surface area (Å²) in [6.45, 7) is 7.45. The number of epoxide rings is 1. The zero-order valence-corrected chi connectivity index (χ0v) is 18.5. The van der Waals surface area contributed by atoms with Gasteiger partial charge in [0.2, 0.25) is 0 Å². The minimum absolute atomic E-state index is 0.00337. The Morgan fingerprint density at radius 1 is 1.26 bits per heavy atom. The van der Waals surface area contributed by atoms with Crippen LogP contribution in [-0.4, -0.2) is 43.4 Å². The van der Waals surface area contributed by atoms with Crippen LogP contribution in [0.5, 0.6) is 0 Å². The summed E-state index contributed by atoms with van der Waals surface area (Å²) in [5.74, 6) is 0.533. The number of nitrogens with one attached hydrogen (secondary N) is 1. The molecule has 6 rings (SSSR count). The molecule has 1 aromatic rings. The molecule has 4 nitrogen and oxygen atoms in total. The largest absolute Gasteiger partial charge is 0.462 e. The van der Waals surface area contributed by atoms with Crippen LogP contribution >= 0.6 is 0 Å². The quantitative estimate of drug-likeness (QED) is 0.597. The molecule has 1 unspecified atom stereocenters. The van der Waals surface area contributed by atoms with Crippen molar-refractivity contribution in [1.29, 1.82) is 0 Å². The maximum absolute atomic E-state index is 13.2. The third kappa shape index (κ3) is 2.88. The number of fused-ring (bicyclic) bond motifs is 2. The average Bonchev–Trinajstić information content (AvgIpc) is 3.44. The smallest absolute Gasteiger partial charge is 0.315 e. The summed E-state index contributed by atoms with van der Waals surface area (Å²) in [4.78, 5) is 14.4. The lowest BCUT2D eigenvalue weighted by molar-refractivity contribution is -0.897. The molecular weight excluding hydrogens is 393 g/mol. The summed E-state index contributed by atoms with van der Waals surface area (Å²) >= 11 is 0. The molecular formula is C26H33FNO3+. The van der Waals surface area contributed by atoms with Gasteiger partial charge in [-0.05, 0) is 54.5 Å². The first-order valence-corrected chi connectivity index (χ1v) is 12.1. The van der Waals surface area contributed by atoms with Crippen LogP contribution in [0.3, 0.4) is 0 Å². The summed E-state index contributed by atoms with van der Waals surface area (Å²) in [7, 11) is 0. The van der Waals surface area contributed by atoms with Crippen molar-refractivity contribution in [1.82, 2.24) is 0 Å². The third-order valence-electron chi connectivity index (χ3n) is 9.30. The molecule has 1 N–H and O–H groups in total. The van der Waals surface area contributed by atoms with Crippen LogP contribution in [0.25, 0.3) is 5.57 Å². The first-order valence-electron chi connectivity index (χ1n) is 12.1. The summed E-state index contributed by atoms with van der Waals surface area (Å²) in [6.07, 6.45) is 8.08. The first-order chi connectivity index (χ1) is 14.9. The van der Waals surface area contributed by atoms with Gasteiger partial charge in [0, 0.05) is 17.8 Å². The van der Waals surface area contributed by atoms with Crippen molar-refractivity contribution >= 4 is 11.5 Å². The van der Waals surface area contributed by atoms with E-state index in [1.807, 2.05) is 12.1 Å². The second kappa shape index (κ2) is 6.89. The van der Waals surface area contributed by atoms with Gasteiger partial charge < -0.3 is 14.4 Å². The van der Waals surface area contributed by atoms with Gasteiger partial charge in [0.05, 0.1) is 25.7 Å².